The van der Waals surface area contributed by atoms with Crippen molar-refractivity contribution in [2.24, 2.45) is 0 Å². The molecule has 0 amide bonds. The molecule has 0 saturated carbocycles. The van der Waals surface area contributed by atoms with Crippen molar-refractivity contribution >= 4 is 16.6 Å². The number of hydrogen-bond donors (Lipinski definition) is 3. The third-order valence-electron chi connectivity index (χ3n) is 3.19. The smallest absolute Gasteiger partial charge is 0.148 e. The van der Waals surface area contributed by atoms with Crippen LogP contribution < -0.4 is 5.73 Å². The highest BCUT2D eigenvalue weighted by Gasteiger charge is 2.23. The van der Waals surface area contributed by atoms with Crippen molar-refractivity contribution in [2.45, 2.75) is 32.4 Å². The van der Waals surface area contributed by atoms with E-state index >= 15 is 0 Å². The Morgan fingerprint density at radius 1 is 1.32 bits per heavy atom. The fraction of sp³-hybridized carbons (Fsp3) is 0.429. The maximum Gasteiger partial charge on any atom is 0.148 e. The summed E-state index contributed by atoms with van der Waals surface area (Å²) in [6, 6.07) is 4.75. The number of fused-ring (bicyclic) bond motifs is 1. The van der Waals surface area contributed by atoms with E-state index in [0.717, 1.165) is 5.39 Å². The molecule has 0 unspecified atom stereocenters. The van der Waals surface area contributed by atoms with Crippen LogP contribution in [-0.4, -0.2) is 21.4 Å². The molecule has 0 aliphatic rings. The highest BCUT2D eigenvalue weighted by molar-refractivity contribution is 5.85. The predicted octanol–water partition coefficient (Wildman–Crippen LogP) is 1.97. The summed E-state index contributed by atoms with van der Waals surface area (Å²) in [4.78, 5) is 0. The van der Waals surface area contributed by atoms with Crippen LogP contribution >= 0.6 is 0 Å². The number of hydrogen-bond acceptors (Lipinski definition) is 3. The summed E-state index contributed by atoms with van der Waals surface area (Å²) in [5.41, 5.74) is 5.98. The summed E-state index contributed by atoms with van der Waals surface area (Å²) < 4.78 is 15.4. The van der Waals surface area contributed by atoms with Crippen molar-refractivity contribution in [2.75, 3.05) is 12.3 Å². The minimum absolute atomic E-state index is 0.0441. The van der Waals surface area contributed by atoms with Crippen LogP contribution in [0.3, 0.4) is 0 Å². The van der Waals surface area contributed by atoms with E-state index in [2.05, 4.69) is 0 Å². The van der Waals surface area contributed by atoms with E-state index < -0.39 is 11.4 Å². The molecule has 0 fully saturated rings. The average molecular weight is 266 g/mol. The Kier molecular flexibility index (Phi) is 3.52. The zero-order valence-electron chi connectivity index (χ0n) is 11.2. The van der Waals surface area contributed by atoms with Gasteiger partial charge in [-0.05, 0) is 32.4 Å². The molecule has 2 rings (SSSR count). The Hall–Kier alpha value is -1.59. The number of nitrogen functional groups attached to an aromatic ring is 1. The van der Waals surface area contributed by atoms with Crippen LogP contribution in [0.4, 0.5) is 10.1 Å². The van der Waals surface area contributed by atoms with Crippen molar-refractivity contribution in [3.05, 3.63) is 29.7 Å². The van der Waals surface area contributed by atoms with Crippen LogP contribution in [0.25, 0.3) is 10.9 Å². The number of aryl methyl sites for hydroxylation is 1. The quantitative estimate of drug-likeness (QED) is 0.741. The molecule has 0 atom stereocenters. The predicted molar refractivity (Wildman–Crippen MR) is 73.3 cm³/mol. The van der Waals surface area contributed by atoms with Crippen LogP contribution in [0.1, 0.15) is 26.0 Å². The number of anilines is 1. The lowest BCUT2D eigenvalue weighted by Gasteiger charge is -2.20. The van der Waals surface area contributed by atoms with Gasteiger partial charge in [0.2, 0.25) is 0 Å². The molecule has 19 heavy (non-hydrogen) atoms. The Bertz CT molecular complexity index is 599. The molecule has 0 spiro atoms. The topological polar surface area (TPSA) is 71.4 Å². The van der Waals surface area contributed by atoms with Gasteiger partial charge in [-0.1, -0.05) is 0 Å². The first-order chi connectivity index (χ1) is 8.84. The number of nitrogens with zero attached hydrogens (tertiary/aromatic N) is 1. The Balaban J connectivity index is 2.67. The fourth-order valence-electron chi connectivity index (χ4n) is 2.28. The highest BCUT2D eigenvalue weighted by Crippen LogP contribution is 2.30. The molecule has 1 aromatic carbocycles. The molecule has 0 bridgehead atoms. The molecule has 5 heteroatoms. The van der Waals surface area contributed by atoms with Gasteiger partial charge >= 0.3 is 0 Å². The second kappa shape index (κ2) is 4.83. The molecule has 0 aliphatic heterocycles. The van der Waals surface area contributed by atoms with E-state index in [4.69, 9.17) is 10.8 Å². The summed E-state index contributed by atoms with van der Waals surface area (Å²) in [5.74, 6) is -0.474. The number of aliphatic hydroxyl groups is 2. The van der Waals surface area contributed by atoms with Gasteiger partial charge in [0.05, 0.1) is 22.5 Å². The minimum atomic E-state index is -1.04. The van der Waals surface area contributed by atoms with E-state index in [0.29, 0.717) is 24.2 Å². The second-order valence-corrected chi connectivity index (χ2v) is 5.25. The number of rotatable bonds is 4. The maximum atomic E-state index is 13.6. The Morgan fingerprint density at radius 2 is 2.00 bits per heavy atom. The standard InChI is InChI=1S/C14H19FN2O2/c1-14(2,19)13-7-9-6-11(16)10(15)8-12(9)17(13)4-3-5-18/h6-8,18-19H,3-5,16H2,1-2H3. The Morgan fingerprint density at radius 3 is 2.58 bits per heavy atom. The lowest BCUT2D eigenvalue weighted by Crippen LogP contribution is -2.21. The van der Waals surface area contributed by atoms with Gasteiger partial charge in [0.1, 0.15) is 5.82 Å². The van der Waals surface area contributed by atoms with E-state index in [1.54, 1.807) is 19.9 Å². The molecule has 1 heterocycles. The molecule has 0 aliphatic carbocycles. The van der Waals surface area contributed by atoms with Gasteiger partial charge in [0, 0.05) is 24.6 Å². The zero-order valence-corrected chi connectivity index (χ0v) is 11.2. The maximum absolute atomic E-state index is 13.6. The Labute approximate surface area is 111 Å². The van der Waals surface area contributed by atoms with Crippen LogP contribution in [0.5, 0.6) is 0 Å². The summed E-state index contributed by atoms with van der Waals surface area (Å²) >= 11 is 0. The van der Waals surface area contributed by atoms with Crippen LogP contribution in [0.2, 0.25) is 0 Å². The van der Waals surface area contributed by atoms with Gasteiger partial charge in [0.25, 0.3) is 0 Å². The number of benzene rings is 1. The first kappa shape index (κ1) is 13.8. The van der Waals surface area contributed by atoms with Gasteiger partial charge in [-0.25, -0.2) is 4.39 Å². The minimum Gasteiger partial charge on any atom is -0.396 e. The van der Waals surface area contributed by atoms with Crippen molar-refractivity contribution < 1.29 is 14.6 Å². The van der Waals surface area contributed by atoms with Crippen molar-refractivity contribution in [3.8, 4) is 0 Å². The van der Waals surface area contributed by atoms with E-state index in [9.17, 15) is 9.50 Å². The molecule has 0 radical (unpaired) electrons. The monoisotopic (exact) mass is 266 g/mol. The molecule has 2 aromatic rings. The molecular weight excluding hydrogens is 247 g/mol. The van der Waals surface area contributed by atoms with Crippen molar-refractivity contribution in [1.82, 2.24) is 4.57 Å². The molecule has 4 N–H and O–H groups in total. The van der Waals surface area contributed by atoms with Crippen LogP contribution in [0, 0.1) is 5.82 Å². The highest BCUT2D eigenvalue weighted by atomic mass is 19.1. The number of halogens is 1. The average Bonchev–Trinajstić information content (AvgIpc) is 2.65. The molecule has 1 aromatic heterocycles. The second-order valence-electron chi connectivity index (χ2n) is 5.25. The van der Waals surface area contributed by atoms with E-state index in [1.165, 1.54) is 6.07 Å². The molecule has 4 nitrogen and oxygen atoms in total. The lowest BCUT2D eigenvalue weighted by atomic mass is 10.1. The number of aromatic nitrogens is 1. The summed E-state index contributed by atoms with van der Waals surface area (Å²) in [7, 11) is 0. The molecule has 0 saturated heterocycles. The van der Waals surface area contributed by atoms with Gasteiger partial charge < -0.3 is 20.5 Å². The van der Waals surface area contributed by atoms with Crippen LogP contribution in [-0.2, 0) is 12.1 Å². The van der Waals surface area contributed by atoms with Crippen LogP contribution in [0.15, 0.2) is 18.2 Å². The van der Waals surface area contributed by atoms with Gasteiger partial charge in [-0.15, -0.1) is 0 Å². The summed E-state index contributed by atoms with van der Waals surface area (Å²) in [6.07, 6.45) is 0.541. The normalized spacial score (nSPS) is 12.3. The van der Waals surface area contributed by atoms with Crippen molar-refractivity contribution in [1.29, 1.82) is 0 Å². The zero-order chi connectivity index (χ0) is 14.2. The third-order valence-corrected chi connectivity index (χ3v) is 3.19. The SMILES string of the molecule is CC(C)(O)c1cc2cc(N)c(F)cc2n1CCCO. The lowest BCUT2D eigenvalue weighted by molar-refractivity contribution is 0.0697. The van der Waals surface area contributed by atoms with Gasteiger partial charge in [-0.3, -0.25) is 0 Å². The van der Waals surface area contributed by atoms with Gasteiger partial charge in [-0.2, -0.15) is 0 Å². The van der Waals surface area contributed by atoms with E-state index in [1.807, 2.05) is 10.6 Å². The van der Waals surface area contributed by atoms with E-state index in [-0.39, 0.29) is 12.3 Å². The molecule has 104 valence electrons. The first-order valence-electron chi connectivity index (χ1n) is 6.26. The summed E-state index contributed by atoms with van der Waals surface area (Å²) in [5, 5.41) is 19.9. The summed E-state index contributed by atoms with van der Waals surface area (Å²) in [6.45, 7) is 3.91. The van der Waals surface area contributed by atoms with Crippen molar-refractivity contribution in [3.63, 3.8) is 0 Å². The largest absolute Gasteiger partial charge is 0.396 e. The number of aliphatic hydroxyl groups excluding tert-OH is 1. The third kappa shape index (κ3) is 2.57. The van der Waals surface area contributed by atoms with Gasteiger partial charge in [0.15, 0.2) is 0 Å². The molecular formula is C14H19FN2O2. The number of nitrogens with two attached hydrogens (primary N) is 1. The first-order valence-corrected chi connectivity index (χ1v) is 6.26. The fourth-order valence-corrected chi connectivity index (χ4v) is 2.28.